The van der Waals surface area contributed by atoms with Crippen LogP contribution < -0.4 is 0 Å². The van der Waals surface area contributed by atoms with E-state index in [1.807, 2.05) is 0 Å². The van der Waals surface area contributed by atoms with Gasteiger partial charge in [-0.25, -0.2) is 8.78 Å². The number of fused-ring (bicyclic) bond motifs is 1. The molecular formula is C17H20F2O. The highest BCUT2D eigenvalue weighted by Gasteiger charge is 2.35. The van der Waals surface area contributed by atoms with Crippen molar-refractivity contribution in [3.63, 3.8) is 0 Å². The Morgan fingerprint density at radius 1 is 0.950 bits per heavy atom. The molecule has 0 amide bonds. The zero-order valence-corrected chi connectivity index (χ0v) is 11.5. The van der Waals surface area contributed by atoms with Gasteiger partial charge in [0.1, 0.15) is 6.29 Å². The molecule has 0 radical (unpaired) electrons. The molecule has 0 saturated heterocycles. The predicted octanol–water partition coefficient (Wildman–Crippen LogP) is 4.46. The summed E-state index contributed by atoms with van der Waals surface area (Å²) in [6.45, 7) is 0. The van der Waals surface area contributed by atoms with E-state index in [0.717, 1.165) is 50.4 Å². The van der Waals surface area contributed by atoms with Crippen LogP contribution in [0.15, 0.2) is 18.2 Å². The van der Waals surface area contributed by atoms with Crippen LogP contribution in [0.2, 0.25) is 0 Å². The zero-order chi connectivity index (χ0) is 14.1. The summed E-state index contributed by atoms with van der Waals surface area (Å²) in [5.41, 5.74) is 0.930. The molecule has 0 heterocycles. The van der Waals surface area contributed by atoms with E-state index in [0.29, 0.717) is 17.8 Å². The van der Waals surface area contributed by atoms with E-state index in [9.17, 15) is 13.6 Å². The van der Waals surface area contributed by atoms with Gasteiger partial charge in [-0.3, -0.25) is 0 Å². The molecule has 1 nitrogen and oxygen atoms in total. The minimum atomic E-state index is -0.770. The highest BCUT2D eigenvalue weighted by atomic mass is 19.2. The first-order chi connectivity index (χ1) is 9.67. The number of halogens is 2. The lowest BCUT2D eigenvalue weighted by Crippen LogP contribution is -2.30. The molecule has 4 unspecified atom stereocenters. The molecular weight excluding hydrogens is 258 g/mol. The number of aldehydes is 1. The van der Waals surface area contributed by atoms with Crippen LogP contribution in [0.1, 0.15) is 50.0 Å². The molecule has 2 aliphatic carbocycles. The minimum absolute atomic E-state index is 0.246. The second-order valence-electron chi connectivity index (χ2n) is 6.41. The molecule has 1 aromatic rings. The Bertz CT molecular complexity index is 500. The second-order valence-corrected chi connectivity index (χ2v) is 6.41. The number of rotatable bonds is 2. The summed E-state index contributed by atoms with van der Waals surface area (Å²) in [5, 5.41) is 0. The van der Waals surface area contributed by atoms with Crippen LogP contribution >= 0.6 is 0 Å². The molecule has 108 valence electrons. The van der Waals surface area contributed by atoms with Gasteiger partial charge in [0.15, 0.2) is 11.6 Å². The molecule has 20 heavy (non-hydrogen) atoms. The van der Waals surface area contributed by atoms with E-state index in [4.69, 9.17) is 0 Å². The third-order valence-corrected chi connectivity index (χ3v) is 5.26. The van der Waals surface area contributed by atoms with Crippen LogP contribution in [0.5, 0.6) is 0 Å². The van der Waals surface area contributed by atoms with Crippen LogP contribution in [-0.2, 0) is 4.79 Å². The molecule has 2 saturated carbocycles. The van der Waals surface area contributed by atoms with Crippen molar-refractivity contribution in [2.75, 3.05) is 0 Å². The number of carbonyl (C=O) groups is 1. The Labute approximate surface area is 118 Å². The number of carbonyl (C=O) groups excluding carboxylic acids is 1. The molecule has 4 atom stereocenters. The Balaban J connectivity index is 1.70. The van der Waals surface area contributed by atoms with Gasteiger partial charge in [0.2, 0.25) is 0 Å². The molecule has 3 rings (SSSR count). The molecule has 0 spiro atoms. The number of hydrogen-bond acceptors (Lipinski definition) is 1. The quantitative estimate of drug-likeness (QED) is 0.730. The third kappa shape index (κ3) is 2.63. The molecule has 0 N–H and O–H groups in total. The minimum Gasteiger partial charge on any atom is -0.303 e. The summed E-state index contributed by atoms with van der Waals surface area (Å²) in [4.78, 5) is 10.9. The average Bonchev–Trinajstić information content (AvgIpc) is 2.49. The van der Waals surface area contributed by atoms with Gasteiger partial charge >= 0.3 is 0 Å². The summed E-state index contributed by atoms with van der Waals surface area (Å²) in [6, 6.07) is 4.32. The van der Waals surface area contributed by atoms with Crippen LogP contribution in [-0.4, -0.2) is 6.29 Å². The molecule has 2 fully saturated rings. The van der Waals surface area contributed by atoms with Crippen LogP contribution in [0, 0.1) is 29.4 Å². The van der Waals surface area contributed by atoms with Crippen molar-refractivity contribution in [1.29, 1.82) is 0 Å². The van der Waals surface area contributed by atoms with Crippen molar-refractivity contribution in [1.82, 2.24) is 0 Å². The SMILES string of the molecule is O=CC1CCC2CC(c3ccc(F)c(F)c3)CCC2C1. The summed E-state index contributed by atoms with van der Waals surface area (Å²) in [6.07, 6.45) is 7.43. The molecule has 0 aliphatic heterocycles. The van der Waals surface area contributed by atoms with Gasteiger partial charge in [0.05, 0.1) is 0 Å². The van der Waals surface area contributed by atoms with Crippen molar-refractivity contribution in [3.05, 3.63) is 35.4 Å². The largest absolute Gasteiger partial charge is 0.303 e. The fourth-order valence-corrected chi connectivity index (χ4v) is 4.12. The smallest absolute Gasteiger partial charge is 0.159 e. The Hall–Kier alpha value is -1.25. The van der Waals surface area contributed by atoms with E-state index in [2.05, 4.69) is 0 Å². The van der Waals surface area contributed by atoms with Gasteiger partial charge in [-0.1, -0.05) is 6.07 Å². The van der Waals surface area contributed by atoms with Crippen molar-refractivity contribution in [3.8, 4) is 0 Å². The van der Waals surface area contributed by atoms with Gasteiger partial charge in [-0.05, 0) is 74.0 Å². The fourth-order valence-electron chi connectivity index (χ4n) is 4.12. The molecule has 0 bridgehead atoms. The second kappa shape index (κ2) is 5.63. The fraction of sp³-hybridized carbons (Fsp3) is 0.588. The standard InChI is InChI=1S/C17H20F2O/c18-16-6-5-15(9-17(16)19)14-4-3-12-7-11(10-20)1-2-13(12)8-14/h5-6,9-14H,1-4,7-8H2. The lowest BCUT2D eigenvalue weighted by molar-refractivity contribution is -0.113. The molecule has 3 heteroatoms. The van der Waals surface area contributed by atoms with Crippen LogP contribution in [0.3, 0.4) is 0 Å². The Kier molecular flexibility index (Phi) is 3.86. The molecule has 1 aromatic carbocycles. The van der Waals surface area contributed by atoms with E-state index in [1.165, 1.54) is 12.1 Å². The van der Waals surface area contributed by atoms with Crippen LogP contribution in [0.4, 0.5) is 8.78 Å². The lowest BCUT2D eigenvalue weighted by atomic mass is 9.64. The normalized spacial score (nSPS) is 33.5. The van der Waals surface area contributed by atoms with Gasteiger partial charge in [-0.2, -0.15) is 0 Å². The van der Waals surface area contributed by atoms with E-state index in [1.54, 1.807) is 6.07 Å². The predicted molar refractivity (Wildman–Crippen MR) is 73.3 cm³/mol. The first kappa shape index (κ1) is 13.7. The van der Waals surface area contributed by atoms with Crippen molar-refractivity contribution in [2.24, 2.45) is 17.8 Å². The number of benzene rings is 1. The van der Waals surface area contributed by atoms with E-state index in [-0.39, 0.29) is 5.92 Å². The molecule has 2 aliphatic rings. The van der Waals surface area contributed by atoms with Gasteiger partial charge in [0.25, 0.3) is 0 Å². The van der Waals surface area contributed by atoms with Crippen molar-refractivity contribution < 1.29 is 13.6 Å². The first-order valence-electron chi connectivity index (χ1n) is 7.57. The van der Waals surface area contributed by atoms with E-state index >= 15 is 0 Å². The maximum absolute atomic E-state index is 13.4. The van der Waals surface area contributed by atoms with Crippen molar-refractivity contribution >= 4 is 6.29 Å². The zero-order valence-electron chi connectivity index (χ0n) is 11.5. The summed E-state index contributed by atoms with van der Waals surface area (Å²) in [5.74, 6) is 0.386. The average molecular weight is 278 g/mol. The highest BCUT2D eigenvalue weighted by Crippen LogP contribution is 2.47. The maximum atomic E-state index is 13.4. The Morgan fingerprint density at radius 3 is 2.45 bits per heavy atom. The topological polar surface area (TPSA) is 17.1 Å². The van der Waals surface area contributed by atoms with Crippen molar-refractivity contribution in [2.45, 2.75) is 44.4 Å². The monoisotopic (exact) mass is 278 g/mol. The number of hydrogen-bond donors (Lipinski definition) is 0. The third-order valence-electron chi connectivity index (χ3n) is 5.26. The van der Waals surface area contributed by atoms with Gasteiger partial charge in [-0.15, -0.1) is 0 Å². The summed E-state index contributed by atoms with van der Waals surface area (Å²) in [7, 11) is 0. The summed E-state index contributed by atoms with van der Waals surface area (Å²) >= 11 is 0. The van der Waals surface area contributed by atoms with Gasteiger partial charge in [0, 0.05) is 5.92 Å². The first-order valence-corrected chi connectivity index (χ1v) is 7.57. The maximum Gasteiger partial charge on any atom is 0.159 e. The highest BCUT2D eigenvalue weighted by molar-refractivity contribution is 5.53. The molecule has 0 aromatic heterocycles. The lowest BCUT2D eigenvalue weighted by Gasteiger charge is -2.41. The van der Waals surface area contributed by atoms with E-state index < -0.39 is 11.6 Å². The summed E-state index contributed by atoms with van der Waals surface area (Å²) < 4.78 is 26.4. The van der Waals surface area contributed by atoms with Crippen LogP contribution in [0.25, 0.3) is 0 Å². The van der Waals surface area contributed by atoms with Gasteiger partial charge < -0.3 is 4.79 Å². The Morgan fingerprint density at radius 2 is 1.70 bits per heavy atom.